The quantitative estimate of drug-likeness (QED) is 0.893. The van der Waals surface area contributed by atoms with Crippen LogP contribution in [0.4, 0.5) is 0 Å². The Bertz CT molecular complexity index is 695. The predicted octanol–water partition coefficient (Wildman–Crippen LogP) is 2.29. The molecule has 1 amide bonds. The van der Waals surface area contributed by atoms with Gasteiger partial charge in [0.1, 0.15) is 11.8 Å². The van der Waals surface area contributed by atoms with Crippen molar-refractivity contribution in [2.45, 2.75) is 25.9 Å². The average molecular weight is 296 g/mol. The number of rotatable bonds is 2. The molecule has 2 aromatic rings. The van der Waals surface area contributed by atoms with Crippen molar-refractivity contribution >= 4 is 5.91 Å². The van der Waals surface area contributed by atoms with Gasteiger partial charge in [-0.05, 0) is 42.2 Å². The molecule has 1 atom stereocenters. The predicted molar refractivity (Wildman–Crippen MR) is 85.3 cm³/mol. The third-order valence-corrected chi connectivity index (χ3v) is 4.22. The number of carbonyl (C=O) groups excluding carboxylic acids is 1. The van der Waals surface area contributed by atoms with Crippen LogP contribution in [0.1, 0.15) is 28.3 Å². The second kappa shape index (κ2) is 5.81. The van der Waals surface area contributed by atoms with E-state index in [0.717, 1.165) is 23.1 Å². The number of fused-ring (bicyclic) bond motifs is 1. The highest BCUT2D eigenvalue weighted by molar-refractivity contribution is 5.83. The van der Waals surface area contributed by atoms with Gasteiger partial charge in [0.2, 0.25) is 5.91 Å². The van der Waals surface area contributed by atoms with Crippen LogP contribution in [0, 0.1) is 6.92 Å². The Balaban J connectivity index is 1.77. The Morgan fingerprint density at radius 1 is 1.18 bits per heavy atom. The maximum atomic E-state index is 12.6. The number of nitrogens with two attached hydrogens (primary N) is 1. The van der Waals surface area contributed by atoms with E-state index in [0.29, 0.717) is 13.1 Å². The van der Waals surface area contributed by atoms with E-state index in [9.17, 15) is 9.90 Å². The molecule has 0 bridgehead atoms. The molecule has 2 aromatic carbocycles. The highest BCUT2D eigenvalue weighted by atomic mass is 16.3. The molecule has 0 saturated carbocycles. The van der Waals surface area contributed by atoms with Crippen LogP contribution < -0.4 is 5.73 Å². The van der Waals surface area contributed by atoms with Crippen molar-refractivity contribution in [3.8, 4) is 5.75 Å². The number of phenolic OH excluding ortho intramolecular Hbond substituents is 1. The van der Waals surface area contributed by atoms with Gasteiger partial charge in [-0.25, -0.2) is 0 Å². The van der Waals surface area contributed by atoms with E-state index in [2.05, 4.69) is 0 Å². The zero-order chi connectivity index (χ0) is 15.7. The Labute approximate surface area is 130 Å². The smallest absolute Gasteiger partial charge is 0.244 e. The summed E-state index contributed by atoms with van der Waals surface area (Å²) in [7, 11) is 0. The lowest BCUT2D eigenvalue weighted by Crippen LogP contribution is -2.41. The fourth-order valence-corrected chi connectivity index (χ4v) is 2.84. The summed E-state index contributed by atoms with van der Waals surface area (Å²) in [6.45, 7) is 3.17. The van der Waals surface area contributed by atoms with E-state index in [1.54, 1.807) is 17.0 Å². The number of nitrogens with zero attached hydrogens (tertiary/aromatic N) is 1. The molecule has 0 saturated heterocycles. The summed E-state index contributed by atoms with van der Waals surface area (Å²) in [5, 5.41) is 9.60. The van der Waals surface area contributed by atoms with E-state index in [1.165, 1.54) is 5.56 Å². The third-order valence-electron chi connectivity index (χ3n) is 4.22. The normalized spacial score (nSPS) is 15.3. The Morgan fingerprint density at radius 3 is 2.64 bits per heavy atom. The molecule has 1 aliphatic heterocycles. The Kier molecular flexibility index (Phi) is 3.86. The molecule has 0 aliphatic carbocycles. The molecule has 3 rings (SSSR count). The summed E-state index contributed by atoms with van der Waals surface area (Å²) in [6.07, 6.45) is 0.794. The summed E-state index contributed by atoms with van der Waals surface area (Å²) in [4.78, 5) is 14.4. The number of hydrogen-bond donors (Lipinski definition) is 2. The van der Waals surface area contributed by atoms with E-state index in [4.69, 9.17) is 5.73 Å². The van der Waals surface area contributed by atoms with E-state index in [1.807, 2.05) is 37.3 Å². The molecule has 0 aromatic heterocycles. The van der Waals surface area contributed by atoms with Gasteiger partial charge in [-0.2, -0.15) is 0 Å². The monoisotopic (exact) mass is 296 g/mol. The molecule has 1 heterocycles. The van der Waals surface area contributed by atoms with Gasteiger partial charge in [-0.3, -0.25) is 4.79 Å². The molecule has 1 unspecified atom stereocenters. The average Bonchev–Trinajstić information content (AvgIpc) is 2.53. The van der Waals surface area contributed by atoms with Crippen LogP contribution in [0.5, 0.6) is 5.75 Å². The largest absolute Gasteiger partial charge is 0.508 e. The molecule has 1 aliphatic rings. The van der Waals surface area contributed by atoms with Crippen molar-refractivity contribution in [2.75, 3.05) is 6.54 Å². The number of phenols is 1. The number of amides is 1. The van der Waals surface area contributed by atoms with E-state index < -0.39 is 6.04 Å². The molecule has 0 radical (unpaired) electrons. The number of carbonyl (C=O) groups is 1. The van der Waals surface area contributed by atoms with Crippen LogP contribution in [0.25, 0.3) is 0 Å². The van der Waals surface area contributed by atoms with Crippen LogP contribution >= 0.6 is 0 Å². The van der Waals surface area contributed by atoms with Gasteiger partial charge in [0, 0.05) is 13.1 Å². The summed E-state index contributed by atoms with van der Waals surface area (Å²) >= 11 is 0. The summed E-state index contributed by atoms with van der Waals surface area (Å²) < 4.78 is 0. The molecule has 4 nitrogen and oxygen atoms in total. The Morgan fingerprint density at radius 2 is 1.91 bits per heavy atom. The second-order valence-electron chi connectivity index (χ2n) is 5.85. The van der Waals surface area contributed by atoms with Crippen LogP contribution in [0.2, 0.25) is 0 Å². The minimum atomic E-state index is -0.639. The van der Waals surface area contributed by atoms with Crippen LogP contribution in [-0.2, 0) is 17.8 Å². The van der Waals surface area contributed by atoms with Crippen molar-refractivity contribution in [1.29, 1.82) is 0 Å². The zero-order valence-corrected chi connectivity index (χ0v) is 12.6. The molecular formula is C18H20N2O2. The maximum Gasteiger partial charge on any atom is 0.244 e. The topological polar surface area (TPSA) is 66.6 Å². The van der Waals surface area contributed by atoms with Gasteiger partial charge in [-0.1, -0.05) is 35.9 Å². The fraction of sp³-hybridized carbons (Fsp3) is 0.278. The number of aryl methyl sites for hydroxylation is 1. The van der Waals surface area contributed by atoms with E-state index >= 15 is 0 Å². The minimum absolute atomic E-state index is 0.0714. The van der Waals surface area contributed by atoms with Crippen molar-refractivity contribution in [3.63, 3.8) is 0 Å². The van der Waals surface area contributed by atoms with Gasteiger partial charge in [0.15, 0.2) is 0 Å². The summed E-state index contributed by atoms with van der Waals surface area (Å²) in [5.41, 5.74) is 10.3. The highest BCUT2D eigenvalue weighted by Crippen LogP contribution is 2.25. The van der Waals surface area contributed by atoms with E-state index in [-0.39, 0.29) is 11.7 Å². The number of benzene rings is 2. The molecule has 0 spiro atoms. The van der Waals surface area contributed by atoms with Crippen molar-refractivity contribution in [2.24, 2.45) is 5.73 Å². The van der Waals surface area contributed by atoms with Gasteiger partial charge in [0.25, 0.3) is 0 Å². The summed E-state index contributed by atoms with van der Waals surface area (Å²) in [6, 6.07) is 12.4. The molecule has 114 valence electrons. The lowest BCUT2D eigenvalue weighted by atomic mass is 9.98. The summed E-state index contributed by atoms with van der Waals surface area (Å²) in [5.74, 6) is 0.161. The van der Waals surface area contributed by atoms with Crippen molar-refractivity contribution in [1.82, 2.24) is 4.90 Å². The Hall–Kier alpha value is -2.33. The van der Waals surface area contributed by atoms with Gasteiger partial charge in [-0.15, -0.1) is 0 Å². The van der Waals surface area contributed by atoms with Crippen LogP contribution in [0.15, 0.2) is 42.5 Å². The SMILES string of the molecule is Cc1ccc(C(N)C(=O)N2CCc3ccc(O)cc3C2)cc1. The molecule has 0 fully saturated rings. The second-order valence-corrected chi connectivity index (χ2v) is 5.85. The number of hydrogen-bond acceptors (Lipinski definition) is 3. The lowest BCUT2D eigenvalue weighted by Gasteiger charge is -2.31. The first-order valence-corrected chi connectivity index (χ1v) is 7.46. The number of aromatic hydroxyl groups is 1. The first-order valence-electron chi connectivity index (χ1n) is 7.46. The lowest BCUT2D eigenvalue weighted by molar-refractivity contribution is -0.133. The highest BCUT2D eigenvalue weighted by Gasteiger charge is 2.26. The first-order chi connectivity index (χ1) is 10.5. The maximum absolute atomic E-state index is 12.6. The van der Waals surface area contributed by atoms with Crippen molar-refractivity contribution < 1.29 is 9.90 Å². The van der Waals surface area contributed by atoms with Gasteiger partial charge >= 0.3 is 0 Å². The van der Waals surface area contributed by atoms with Crippen LogP contribution in [0.3, 0.4) is 0 Å². The van der Waals surface area contributed by atoms with Gasteiger partial charge < -0.3 is 15.7 Å². The minimum Gasteiger partial charge on any atom is -0.508 e. The molecule has 4 heteroatoms. The fourth-order valence-electron chi connectivity index (χ4n) is 2.84. The first kappa shape index (κ1) is 14.6. The molecular weight excluding hydrogens is 276 g/mol. The van der Waals surface area contributed by atoms with Gasteiger partial charge in [0.05, 0.1) is 0 Å². The molecule has 22 heavy (non-hydrogen) atoms. The van der Waals surface area contributed by atoms with Crippen molar-refractivity contribution in [3.05, 3.63) is 64.7 Å². The third kappa shape index (κ3) is 2.83. The zero-order valence-electron chi connectivity index (χ0n) is 12.6. The standard InChI is InChI=1S/C18H20N2O2/c1-12-2-4-14(5-3-12)17(19)18(22)20-9-8-13-6-7-16(21)10-15(13)11-20/h2-7,10,17,21H,8-9,11,19H2,1H3. The van der Waals surface area contributed by atoms with Crippen LogP contribution in [-0.4, -0.2) is 22.5 Å². The molecule has 3 N–H and O–H groups in total.